The summed E-state index contributed by atoms with van der Waals surface area (Å²) in [6.45, 7) is 3.54. The van der Waals surface area contributed by atoms with E-state index in [9.17, 15) is 5.11 Å². The van der Waals surface area contributed by atoms with E-state index in [-0.39, 0.29) is 11.8 Å². The number of benzene rings is 1. The first kappa shape index (κ1) is 13.9. The van der Waals surface area contributed by atoms with Crippen molar-refractivity contribution in [3.8, 4) is 5.75 Å². The Labute approximate surface area is 134 Å². The number of aliphatic hydroxyl groups excluding tert-OH is 1. The van der Waals surface area contributed by atoms with Gasteiger partial charge in [0.1, 0.15) is 17.2 Å². The summed E-state index contributed by atoms with van der Waals surface area (Å²) in [6.07, 6.45) is 4.07. The van der Waals surface area contributed by atoms with Crippen LogP contribution in [0.1, 0.15) is 37.6 Å². The summed E-state index contributed by atoms with van der Waals surface area (Å²) in [5.74, 6) is 1.79. The molecular weight excluding hydrogens is 292 g/mol. The second-order valence-electron chi connectivity index (χ2n) is 6.07. The van der Waals surface area contributed by atoms with Gasteiger partial charge in [-0.1, -0.05) is 18.2 Å². The largest absolute Gasteiger partial charge is 0.513 e. The molecule has 118 valence electrons. The summed E-state index contributed by atoms with van der Waals surface area (Å²) < 4.78 is 11.7. The molecule has 5 nitrogen and oxygen atoms in total. The van der Waals surface area contributed by atoms with Crippen molar-refractivity contribution in [2.45, 2.75) is 32.0 Å². The van der Waals surface area contributed by atoms with Crippen LogP contribution in [0.2, 0.25) is 0 Å². The molecule has 4 rings (SSSR count). The van der Waals surface area contributed by atoms with Crippen molar-refractivity contribution in [3.05, 3.63) is 65.8 Å². The van der Waals surface area contributed by atoms with Gasteiger partial charge in [-0.05, 0) is 25.1 Å². The smallest absolute Gasteiger partial charge is 0.218 e. The third-order valence-corrected chi connectivity index (χ3v) is 4.24. The van der Waals surface area contributed by atoms with E-state index < -0.39 is 5.72 Å². The molecule has 5 heteroatoms. The predicted octanol–water partition coefficient (Wildman–Crippen LogP) is 4.00. The third-order valence-electron chi connectivity index (χ3n) is 4.24. The topological polar surface area (TPSA) is 58.2 Å². The molecule has 0 radical (unpaired) electrons. The molecular formula is C18H18N2O3. The molecule has 1 aromatic heterocycles. The van der Waals surface area contributed by atoms with Gasteiger partial charge >= 0.3 is 0 Å². The highest BCUT2D eigenvalue weighted by atomic mass is 16.5. The van der Waals surface area contributed by atoms with Crippen LogP contribution in [-0.4, -0.2) is 21.6 Å². The molecule has 0 spiro atoms. The molecule has 2 aliphatic heterocycles. The number of aliphatic hydroxyl groups is 1. The van der Waals surface area contributed by atoms with Crippen LogP contribution in [-0.2, 0) is 0 Å². The number of hydrogen-bond acceptors (Lipinski definition) is 5. The Bertz CT molecular complexity index is 790. The van der Waals surface area contributed by atoms with Crippen molar-refractivity contribution >= 4 is 5.71 Å². The molecule has 1 N–H and O–H groups in total. The highest BCUT2D eigenvalue weighted by Gasteiger charge is 2.47. The minimum atomic E-state index is -0.841. The number of para-hydroxylation sites is 1. The fourth-order valence-corrected chi connectivity index (χ4v) is 3.35. The standard InChI is InChI=1S/C18H18N2O3/c1-12(21)11-18(2)20-15(13-6-3-4-7-16(13)23-18)10-14(19-20)17-8-5-9-22-17/h3-9,11,15,21H,10H2,1-2H3. The van der Waals surface area contributed by atoms with Gasteiger partial charge in [0.2, 0.25) is 5.72 Å². The van der Waals surface area contributed by atoms with Crippen LogP contribution in [0.4, 0.5) is 0 Å². The number of nitrogens with zero attached hydrogens (tertiary/aromatic N) is 2. The number of hydrogen-bond donors (Lipinski definition) is 1. The van der Waals surface area contributed by atoms with Gasteiger partial charge in [-0.2, -0.15) is 5.10 Å². The maximum atomic E-state index is 9.78. The van der Waals surface area contributed by atoms with Gasteiger partial charge in [0.25, 0.3) is 0 Å². The van der Waals surface area contributed by atoms with Crippen molar-refractivity contribution < 1.29 is 14.3 Å². The number of allylic oxidation sites excluding steroid dienone is 1. The van der Waals surface area contributed by atoms with E-state index >= 15 is 0 Å². The van der Waals surface area contributed by atoms with E-state index in [0.717, 1.165) is 29.2 Å². The quantitative estimate of drug-likeness (QED) is 0.852. The summed E-state index contributed by atoms with van der Waals surface area (Å²) in [6, 6.07) is 11.8. The Morgan fingerprint density at radius 1 is 1.35 bits per heavy atom. The zero-order chi connectivity index (χ0) is 16.0. The lowest BCUT2D eigenvalue weighted by Crippen LogP contribution is -2.50. The second-order valence-corrected chi connectivity index (χ2v) is 6.07. The molecule has 2 unspecified atom stereocenters. The fourth-order valence-electron chi connectivity index (χ4n) is 3.35. The molecule has 0 bridgehead atoms. The van der Waals surface area contributed by atoms with Crippen molar-refractivity contribution in [3.63, 3.8) is 0 Å². The van der Waals surface area contributed by atoms with E-state index in [1.807, 2.05) is 42.3 Å². The predicted molar refractivity (Wildman–Crippen MR) is 86.3 cm³/mol. The Kier molecular flexibility index (Phi) is 2.98. The zero-order valence-electron chi connectivity index (χ0n) is 13.1. The van der Waals surface area contributed by atoms with Crippen molar-refractivity contribution in [1.82, 2.24) is 5.01 Å². The SMILES string of the molecule is CC(O)=CC1(C)Oc2ccccc2C2CC(c3ccco3)=NN21. The van der Waals surface area contributed by atoms with Crippen LogP contribution in [0.15, 0.2) is 64.0 Å². The van der Waals surface area contributed by atoms with Gasteiger partial charge < -0.3 is 14.3 Å². The second kappa shape index (κ2) is 4.91. The number of rotatable bonds is 2. The molecule has 2 aromatic rings. The molecule has 2 aliphatic rings. The minimum absolute atomic E-state index is 0.0562. The monoisotopic (exact) mass is 310 g/mol. The summed E-state index contributed by atoms with van der Waals surface area (Å²) in [5.41, 5.74) is 1.14. The number of ether oxygens (including phenoxy) is 1. The Morgan fingerprint density at radius 2 is 2.17 bits per heavy atom. The summed E-state index contributed by atoms with van der Waals surface area (Å²) in [4.78, 5) is 0. The molecule has 0 aliphatic carbocycles. The summed E-state index contributed by atoms with van der Waals surface area (Å²) in [7, 11) is 0. The Hall–Kier alpha value is -2.69. The average Bonchev–Trinajstić information content (AvgIpc) is 3.16. The normalized spacial score (nSPS) is 26.3. The lowest BCUT2D eigenvalue weighted by Gasteiger charge is -2.44. The molecule has 0 saturated heterocycles. The maximum absolute atomic E-state index is 9.78. The first-order chi connectivity index (χ1) is 11.1. The number of hydrazone groups is 1. The van der Waals surface area contributed by atoms with Crippen molar-refractivity contribution in [2.75, 3.05) is 0 Å². The lowest BCUT2D eigenvalue weighted by atomic mass is 9.96. The maximum Gasteiger partial charge on any atom is 0.218 e. The van der Waals surface area contributed by atoms with Crippen molar-refractivity contribution in [2.24, 2.45) is 5.10 Å². The highest BCUT2D eigenvalue weighted by Crippen LogP contribution is 2.47. The van der Waals surface area contributed by atoms with Gasteiger partial charge in [-0.3, -0.25) is 0 Å². The molecule has 2 atom stereocenters. The van der Waals surface area contributed by atoms with E-state index in [1.54, 1.807) is 19.3 Å². The van der Waals surface area contributed by atoms with E-state index in [2.05, 4.69) is 6.07 Å². The van der Waals surface area contributed by atoms with E-state index in [1.165, 1.54) is 0 Å². The number of furan rings is 1. The average molecular weight is 310 g/mol. The molecule has 23 heavy (non-hydrogen) atoms. The number of fused-ring (bicyclic) bond motifs is 3. The van der Waals surface area contributed by atoms with Gasteiger partial charge in [-0.25, -0.2) is 5.01 Å². The van der Waals surface area contributed by atoms with Crippen molar-refractivity contribution in [1.29, 1.82) is 0 Å². The fraction of sp³-hybridized carbons (Fsp3) is 0.278. The first-order valence-corrected chi connectivity index (χ1v) is 7.64. The highest BCUT2D eigenvalue weighted by molar-refractivity contribution is 5.99. The van der Waals surface area contributed by atoms with Gasteiger partial charge in [0.15, 0.2) is 0 Å². The zero-order valence-corrected chi connectivity index (χ0v) is 13.1. The molecule has 3 heterocycles. The van der Waals surface area contributed by atoms with Crippen LogP contribution in [0.5, 0.6) is 5.75 Å². The Balaban J connectivity index is 1.83. The summed E-state index contributed by atoms with van der Waals surface area (Å²) >= 11 is 0. The van der Waals surface area contributed by atoms with Crippen LogP contribution in [0.25, 0.3) is 0 Å². The minimum Gasteiger partial charge on any atom is -0.513 e. The lowest BCUT2D eigenvalue weighted by molar-refractivity contribution is -0.0697. The third kappa shape index (κ3) is 2.20. The van der Waals surface area contributed by atoms with Crippen LogP contribution in [0, 0.1) is 0 Å². The van der Waals surface area contributed by atoms with Crippen LogP contribution in [0.3, 0.4) is 0 Å². The molecule has 0 saturated carbocycles. The Morgan fingerprint density at radius 3 is 2.91 bits per heavy atom. The van der Waals surface area contributed by atoms with Gasteiger partial charge in [0.05, 0.1) is 18.1 Å². The van der Waals surface area contributed by atoms with Crippen LogP contribution >= 0.6 is 0 Å². The molecule has 0 amide bonds. The summed E-state index contributed by atoms with van der Waals surface area (Å²) in [5, 5.41) is 16.4. The van der Waals surface area contributed by atoms with E-state index in [0.29, 0.717) is 0 Å². The van der Waals surface area contributed by atoms with Crippen LogP contribution < -0.4 is 4.74 Å². The first-order valence-electron chi connectivity index (χ1n) is 7.64. The molecule has 1 aromatic carbocycles. The van der Waals surface area contributed by atoms with Gasteiger partial charge in [-0.15, -0.1) is 0 Å². The van der Waals surface area contributed by atoms with Gasteiger partial charge in [0, 0.05) is 25.0 Å². The van der Waals surface area contributed by atoms with E-state index in [4.69, 9.17) is 14.3 Å². The molecule has 0 fully saturated rings.